The molecular formula is C31H39N5O4. The molecule has 1 aromatic heterocycles. The first-order valence-electron chi connectivity index (χ1n) is 13.7. The van der Waals surface area contributed by atoms with Crippen molar-refractivity contribution >= 4 is 17.9 Å². The first-order chi connectivity index (χ1) is 18.9. The van der Waals surface area contributed by atoms with Gasteiger partial charge in [0.05, 0.1) is 11.7 Å². The van der Waals surface area contributed by atoms with Gasteiger partial charge in [0.2, 0.25) is 11.8 Å². The molecule has 4 N–H and O–H groups in total. The van der Waals surface area contributed by atoms with Gasteiger partial charge < -0.3 is 25.7 Å². The van der Waals surface area contributed by atoms with Gasteiger partial charge in [0.25, 0.3) is 0 Å². The molecule has 1 fully saturated rings. The van der Waals surface area contributed by atoms with Crippen LogP contribution in [0.5, 0.6) is 0 Å². The minimum absolute atomic E-state index is 0.203. The number of primary amides is 1. The van der Waals surface area contributed by atoms with Crippen molar-refractivity contribution in [2.24, 2.45) is 5.73 Å². The minimum Gasteiger partial charge on any atom is -0.444 e. The maximum absolute atomic E-state index is 14.2. The number of aromatic nitrogens is 2. The van der Waals surface area contributed by atoms with E-state index in [1.165, 1.54) is 0 Å². The summed E-state index contributed by atoms with van der Waals surface area (Å²) in [5.41, 5.74) is 9.52. The van der Waals surface area contributed by atoms with E-state index in [0.717, 1.165) is 53.0 Å². The molecule has 212 valence electrons. The molecule has 3 amide bonds. The summed E-state index contributed by atoms with van der Waals surface area (Å²) in [4.78, 5) is 48.8. The van der Waals surface area contributed by atoms with Gasteiger partial charge in [-0.1, -0.05) is 30.3 Å². The fraction of sp³-hybridized carbons (Fsp3) is 0.419. The van der Waals surface area contributed by atoms with Crippen molar-refractivity contribution < 1.29 is 19.1 Å². The Morgan fingerprint density at radius 1 is 1.12 bits per heavy atom. The summed E-state index contributed by atoms with van der Waals surface area (Å²) < 4.78 is 5.52. The van der Waals surface area contributed by atoms with Gasteiger partial charge in [-0.25, -0.2) is 9.78 Å². The SMILES string of the molecule is Cc1cc(C(N)=O)cc(C)c1C[C@H](NC(=O)OC(C)(C)C)C(=O)N1CCCC[C@H]1c1nc(-c2ccccc2)c[nH]1. The molecule has 9 heteroatoms. The van der Waals surface area contributed by atoms with Crippen LogP contribution in [-0.4, -0.2) is 51.0 Å². The average Bonchev–Trinajstić information content (AvgIpc) is 3.39. The van der Waals surface area contributed by atoms with E-state index >= 15 is 0 Å². The van der Waals surface area contributed by atoms with Crippen LogP contribution in [0.15, 0.2) is 48.7 Å². The summed E-state index contributed by atoms with van der Waals surface area (Å²) in [6, 6.07) is 12.2. The van der Waals surface area contributed by atoms with Crippen LogP contribution < -0.4 is 11.1 Å². The van der Waals surface area contributed by atoms with Gasteiger partial charge in [0.1, 0.15) is 17.5 Å². The average molecular weight is 546 g/mol. The van der Waals surface area contributed by atoms with Gasteiger partial charge in [-0.3, -0.25) is 9.59 Å². The van der Waals surface area contributed by atoms with Gasteiger partial charge in [-0.05, 0) is 82.7 Å². The molecule has 2 heterocycles. The smallest absolute Gasteiger partial charge is 0.408 e. The normalized spacial score (nSPS) is 16.3. The van der Waals surface area contributed by atoms with Crippen LogP contribution in [-0.2, 0) is 16.0 Å². The lowest BCUT2D eigenvalue weighted by Gasteiger charge is -2.37. The Balaban J connectivity index is 1.64. The van der Waals surface area contributed by atoms with Gasteiger partial charge in [0.15, 0.2) is 0 Å². The Morgan fingerprint density at radius 3 is 2.42 bits per heavy atom. The van der Waals surface area contributed by atoms with E-state index in [1.54, 1.807) is 32.9 Å². The molecule has 3 aromatic rings. The summed E-state index contributed by atoms with van der Waals surface area (Å²) in [5.74, 6) is 0.00817. The summed E-state index contributed by atoms with van der Waals surface area (Å²) in [5, 5.41) is 2.84. The zero-order valence-corrected chi connectivity index (χ0v) is 23.9. The second-order valence-corrected chi connectivity index (χ2v) is 11.4. The first-order valence-corrected chi connectivity index (χ1v) is 13.7. The summed E-state index contributed by atoms with van der Waals surface area (Å²) in [6.45, 7) is 9.64. The largest absolute Gasteiger partial charge is 0.444 e. The standard InChI is InChI=1S/C31H39N5O4/c1-19-15-22(27(32)37)16-20(2)23(19)17-24(35-30(39)40-31(3,4)5)29(38)36-14-10-9-13-26(36)28-33-18-25(34-28)21-11-7-6-8-12-21/h6-8,11-12,15-16,18,24,26H,9-10,13-14,17H2,1-5H3,(H2,32,37)(H,33,34)(H,35,39)/t24-,26-/m0/s1. The van der Waals surface area contributed by atoms with Gasteiger partial charge in [0, 0.05) is 30.3 Å². The van der Waals surface area contributed by atoms with Crippen molar-refractivity contribution in [1.29, 1.82) is 0 Å². The highest BCUT2D eigenvalue weighted by Crippen LogP contribution is 2.32. The highest BCUT2D eigenvalue weighted by Gasteiger charge is 2.36. The van der Waals surface area contributed by atoms with Gasteiger partial charge in [-0.15, -0.1) is 0 Å². The van der Waals surface area contributed by atoms with E-state index in [0.29, 0.717) is 12.1 Å². The molecule has 0 bridgehead atoms. The Bertz CT molecular complexity index is 1350. The van der Waals surface area contributed by atoms with E-state index < -0.39 is 23.6 Å². The highest BCUT2D eigenvalue weighted by atomic mass is 16.6. The summed E-state index contributed by atoms with van der Waals surface area (Å²) >= 11 is 0. The lowest BCUT2D eigenvalue weighted by Crippen LogP contribution is -2.52. The lowest BCUT2D eigenvalue weighted by atomic mass is 9.92. The van der Waals surface area contributed by atoms with Crippen LogP contribution in [0.1, 0.15) is 78.9 Å². The van der Waals surface area contributed by atoms with Crippen molar-refractivity contribution in [2.75, 3.05) is 6.54 Å². The number of piperidine rings is 1. The Kier molecular flexibility index (Phi) is 8.61. The predicted molar refractivity (Wildman–Crippen MR) is 154 cm³/mol. The highest BCUT2D eigenvalue weighted by molar-refractivity contribution is 5.93. The number of aromatic amines is 1. The lowest BCUT2D eigenvalue weighted by molar-refractivity contribution is -0.137. The number of nitrogens with two attached hydrogens (primary N) is 1. The summed E-state index contributed by atoms with van der Waals surface area (Å²) in [7, 11) is 0. The molecule has 9 nitrogen and oxygen atoms in total. The van der Waals surface area contributed by atoms with E-state index in [-0.39, 0.29) is 18.4 Å². The molecule has 1 aliphatic rings. The maximum atomic E-state index is 14.2. The van der Waals surface area contributed by atoms with Crippen LogP contribution in [0.25, 0.3) is 11.3 Å². The number of imidazole rings is 1. The van der Waals surface area contributed by atoms with Crippen molar-refractivity contribution in [3.63, 3.8) is 0 Å². The molecule has 4 rings (SSSR count). The number of amides is 3. The molecule has 0 spiro atoms. The van der Waals surface area contributed by atoms with Gasteiger partial charge >= 0.3 is 6.09 Å². The van der Waals surface area contributed by atoms with Crippen LogP contribution in [0.2, 0.25) is 0 Å². The zero-order valence-electron chi connectivity index (χ0n) is 23.9. The molecule has 0 aliphatic carbocycles. The van der Waals surface area contributed by atoms with Crippen molar-refractivity contribution in [2.45, 2.75) is 78.0 Å². The van der Waals surface area contributed by atoms with Crippen LogP contribution in [0, 0.1) is 13.8 Å². The number of hydrogen-bond acceptors (Lipinski definition) is 5. The number of rotatable bonds is 7. The second kappa shape index (κ2) is 11.9. The quantitative estimate of drug-likeness (QED) is 0.385. The number of nitrogens with zero attached hydrogens (tertiary/aromatic N) is 2. The van der Waals surface area contributed by atoms with E-state index in [2.05, 4.69) is 10.3 Å². The number of alkyl carbamates (subject to hydrolysis) is 1. The van der Waals surface area contributed by atoms with Crippen molar-refractivity contribution in [1.82, 2.24) is 20.2 Å². The number of carbonyl (C=O) groups excluding carboxylic acids is 3. The number of likely N-dealkylation sites (tertiary alicyclic amines) is 1. The molecule has 40 heavy (non-hydrogen) atoms. The second-order valence-electron chi connectivity index (χ2n) is 11.4. The number of hydrogen-bond donors (Lipinski definition) is 3. The van der Waals surface area contributed by atoms with Crippen molar-refractivity contribution in [3.05, 3.63) is 76.7 Å². The Labute approximate surface area is 235 Å². The fourth-order valence-corrected chi connectivity index (χ4v) is 5.26. The van der Waals surface area contributed by atoms with E-state index in [9.17, 15) is 14.4 Å². The molecule has 0 saturated carbocycles. The van der Waals surface area contributed by atoms with E-state index in [1.807, 2.05) is 55.3 Å². The first kappa shape index (κ1) is 28.9. The molecule has 2 aromatic carbocycles. The number of benzene rings is 2. The Hall–Kier alpha value is -4.14. The topological polar surface area (TPSA) is 130 Å². The summed E-state index contributed by atoms with van der Waals surface area (Å²) in [6.07, 6.45) is 4.04. The number of ether oxygens (including phenoxy) is 1. The molecule has 0 radical (unpaired) electrons. The number of carbonyl (C=O) groups is 3. The Morgan fingerprint density at radius 2 is 1.80 bits per heavy atom. The third kappa shape index (κ3) is 6.89. The molecule has 2 atom stereocenters. The van der Waals surface area contributed by atoms with Crippen LogP contribution in [0.4, 0.5) is 4.79 Å². The molecule has 1 saturated heterocycles. The predicted octanol–water partition coefficient (Wildman–Crippen LogP) is 4.98. The molecule has 0 unspecified atom stereocenters. The number of nitrogens with one attached hydrogen (secondary N) is 2. The number of H-pyrrole nitrogens is 1. The third-order valence-corrected chi connectivity index (χ3v) is 7.15. The van der Waals surface area contributed by atoms with Crippen LogP contribution in [0.3, 0.4) is 0 Å². The third-order valence-electron chi connectivity index (χ3n) is 7.15. The monoisotopic (exact) mass is 545 g/mol. The molecule has 1 aliphatic heterocycles. The van der Waals surface area contributed by atoms with Crippen LogP contribution >= 0.6 is 0 Å². The molecular weight excluding hydrogens is 506 g/mol. The van der Waals surface area contributed by atoms with Gasteiger partial charge in [-0.2, -0.15) is 0 Å². The fourth-order valence-electron chi connectivity index (χ4n) is 5.26. The van der Waals surface area contributed by atoms with E-state index in [4.69, 9.17) is 15.5 Å². The number of aryl methyl sites for hydroxylation is 2. The minimum atomic E-state index is -0.879. The van der Waals surface area contributed by atoms with Crippen molar-refractivity contribution in [3.8, 4) is 11.3 Å². The zero-order chi connectivity index (χ0) is 29.0. The maximum Gasteiger partial charge on any atom is 0.408 e.